The van der Waals surface area contributed by atoms with Gasteiger partial charge in [0.25, 0.3) is 0 Å². The van der Waals surface area contributed by atoms with Gasteiger partial charge in [0.05, 0.1) is 7.11 Å². The molecule has 1 heterocycles. The van der Waals surface area contributed by atoms with Gasteiger partial charge in [-0.1, -0.05) is 13.8 Å². The highest BCUT2D eigenvalue weighted by Gasteiger charge is 2.32. The quantitative estimate of drug-likeness (QED) is 0.757. The van der Waals surface area contributed by atoms with Crippen LogP contribution in [0, 0.1) is 11.3 Å². The molecule has 0 aliphatic carbocycles. The second-order valence-electron chi connectivity index (χ2n) is 4.92. The first kappa shape index (κ1) is 12.3. The van der Waals surface area contributed by atoms with Gasteiger partial charge in [-0.2, -0.15) is 0 Å². The maximum atomic E-state index is 11.3. The van der Waals surface area contributed by atoms with Crippen LogP contribution < -0.4 is 5.73 Å². The molecular formula is C11H22N2O2. The van der Waals surface area contributed by atoms with Crippen molar-refractivity contribution in [2.45, 2.75) is 26.7 Å². The van der Waals surface area contributed by atoms with E-state index in [1.165, 1.54) is 7.11 Å². The fourth-order valence-electron chi connectivity index (χ4n) is 2.14. The molecule has 1 fully saturated rings. The van der Waals surface area contributed by atoms with Crippen molar-refractivity contribution in [2.75, 3.05) is 26.7 Å². The van der Waals surface area contributed by atoms with Crippen molar-refractivity contribution < 1.29 is 9.53 Å². The summed E-state index contributed by atoms with van der Waals surface area (Å²) < 4.78 is 4.70. The molecule has 4 heteroatoms. The van der Waals surface area contributed by atoms with Crippen molar-refractivity contribution in [3.8, 4) is 0 Å². The van der Waals surface area contributed by atoms with E-state index in [1.54, 1.807) is 4.90 Å². The third-order valence-corrected chi connectivity index (χ3v) is 3.56. The number of ether oxygens (including phenoxy) is 1. The fraction of sp³-hybridized carbons (Fsp3) is 0.909. The minimum atomic E-state index is -0.209. The van der Waals surface area contributed by atoms with E-state index in [9.17, 15) is 4.79 Å². The van der Waals surface area contributed by atoms with Crippen LogP contribution in [0.5, 0.6) is 0 Å². The smallest absolute Gasteiger partial charge is 0.409 e. The number of hydrogen-bond donors (Lipinski definition) is 1. The number of carbonyl (C=O) groups is 1. The summed E-state index contributed by atoms with van der Waals surface area (Å²) in [6.07, 6.45) is 1.84. The van der Waals surface area contributed by atoms with Crippen LogP contribution in [-0.2, 0) is 4.74 Å². The van der Waals surface area contributed by atoms with Crippen LogP contribution in [0.25, 0.3) is 0 Å². The van der Waals surface area contributed by atoms with E-state index in [0.717, 1.165) is 25.9 Å². The van der Waals surface area contributed by atoms with E-state index in [-0.39, 0.29) is 11.5 Å². The van der Waals surface area contributed by atoms with E-state index in [4.69, 9.17) is 10.5 Å². The minimum absolute atomic E-state index is 0.183. The second-order valence-corrected chi connectivity index (χ2v) is 4.92. The van der Waals surface area contributed by atoms with Gasteiger partial charge >= 0.3 is 6.09 Å². The lowest BCUT2D eigenvalue weighted by atomic mass is 9.74. The Morgan fingerprint density at radius 1 is 1.47 bits per heavy atom. The van der Waals surface area contributed by atoms with Gasteiger partial charge in [0, 0.05) is 13.1 Å². The number of rotatable bonds is 2. The standard InChI is InChI=1S/C11H22N2O2/c1-11(2,8-12)9-4-6-13(7-5-9)10(14)15-3/h9H,4-8,12H2,1-3H3. The maximum absolute atomic E-state index is 11.3. The lowest BCUT2D eigenvalue weighted by molar-refractivity contribution is 0.0806. The molecule has 0 bridgehead atoms. The van der Waals surface area contributed by atoms with Gasteiger partial charge in [-0.3, -0.25) is 0 Å². The number of amides is 1. The van der Waals surface area contributed by atoms with E-state index < -0.39 is 0 Å². The normalized spacial score (nSPS) is 19.1. The first-order valence-corrected chi connectivity index (χ1v) is 5.54. The number of hydrogen-bond acceptors (Lipinski definition) is 3. The Morgan fingerprint density at radius 3 is 2.40 bits per heavy atom. The number of methoxy groups -OCH3 is 1. The molecule has 0 saturated carbocycles. The molecule has 0 radical (unpaired) electrons. The Kier molecular flexibility index (Phi) is 3.97. The molecule has 0 spiro atoms. The Morgan fingerprint density at radius 2 is 2.00 bits per heavy atom. The largest absolute Gasteiger partial charge is 0.453 e. The van der Waals surface area contributed by atoms with Crippen molar-refractivity contribution in [3.63, 3.8) is 0 Å². The zero-order chi connectivity index (χ0) is 11.5. The predicted octanol–water partition coefficient (Wildman–Crippen LogP) is 1.45. The van der Waals surface area contributed by atoms with Gasteiger partial charge < -0.3 is 15.4 Å². The highest BCUT2D eigenvalue weighted by Crippen LogP contribution is 2.33. The number of nitrogens with zero attached hydrogens (tertiary/aromatic N) is 1. The van der Waals surface area contributed by atoms with Gasteiger partial charge in [-0.25, -0.2) is 4.79 Å². The lowest BCUT2D eigenvalue weighted by Crippen LogP contribution is -2.43. The molecule has 2 N–H and O–H groups in total. The Hall–Kier alpha value is -0.770. The third kappa shape index (κ3) is 2.84. The first-order chi connectivity index (χ1) is 7.01. The molecule has 1 aliphatic heterocycles. The molecule has 0 aromatic carbocycles. The number of piperidine rings is 1. The fourth-order valence-corrected chi connectivity index (χ4v) is 2.14. The summed E-state index contributed by atoms with van der Waals surface area (Å²) in [6, 6.07) is 0. The number of carbonyl (C=O) groups excluding carboxylic acids is 1. The topological polar surface area (TPSA) is 55.6 Å². The Balaban J connectivity index is 2.46. The number of nitrogens with two attached hydrogens (primary N) is 1. The van der Waals surface area contributed by atoms with Crippen molar-refractivity contribution in [1.29, 1.82) is 0 Å². The molecule has 1 aliphatic rings. The van der Waals surface area contributed by atoms with Crippen molar-refractivity contribution in [2.24, 2.45) is 17.1 Å². The monoisotopic (exact) mass is 214 g/mol. The Bertz CT molecular complexity index is 221. The molecular weight excluding hydrogens is 192 g/mol. The van der Waals surface area contributed by atoms with Crippen LogP contribution in [0.2, 0.25) is 0 Å². The van der Waals surface area contributed by atoms with Crippen LogP contribution in [0.3, 0.4) is 0 Å². The number of likely N-dealkylation sites (tertiary alicyclic amines) is 1. The minimum Gasteiger partial charge on any atom is -0.453 e. The zero-order valence-corrected chi connectivity index (χ0v) is 9.95. The molecule has 4 nitrogen and oxygen atoms in total. The molecule has 0 aromatic rings. The third-order valence-electron chi connectivity index (χ3n) is 3.56. The van der Waals surface area contributed by atoms with Gasteiger partial charge in [0.15, 0.2) is 0 Å². The lowest BCUT2D eigenvalue weighted by Gasteiger charge is -2.39. The van der Waals surface area contributed by atoms with Gasteiger partial charge in [-0.15, -0.1) is 0 Å². The van der Waals surface area contributed by atoms with Crippen LogP contribution in [0.1, 0.15) is 26.7 Å². The summed E-state index contributed by atoms with van der Waals surface area (Å²) in [5, 5.41) is 0. The van der Waals surface area contributed by atoms with E-state index in [1.807, 2.05) is 0 Å². The second kappa shape index (κ2) is 4.84. The maximum Gasteiger partial charge on any atom is 0.409 e. The average molecular weight is 214 g/mol. The van der Waals surface area contributed by atoms with Crippen LogP contribution in [0.4, 0.5) is 4.79 Å². The molecule has 0 atom stereocenters. The summed E-state index contributed by atoms with van der Waals surface area (Å²) >= 11 is 0. The Labute approximate surface area is 91.8 Å². The molecule has 1 rings (SSSR count). The molecule has 15 heavy (non-hydrogen) atoms. The van der Waals surface area contributed by atoms with Crippen molar-refractivity contribution >= 4 is 6.09 Å². The highest BCUT2D eigenvalue weighted by atomic mass is 16.5. The van der Waals surface area contributed by atoms with E-state index in [2.05, 4.69) is 13.8 Å². The summed E-state index contributed by atoms with van der Waals surface area (Å²) in [5.41, 5.74) is 5.94. The molecule has 88 valence electrons. The van der Waals surface area contributed by atoms with Gasteiger partial charge in [0.1, 0.15) is 0 Å². The molecule has 1 amide bonds. The highest BCUT2D eigenvalue weighted by molar-refractivity contribution is 5.67. The summed E-state index contributed by atoms with van der Waals surface area (Å²) in [6.45, 7) is 6.69. The van der Waals surface area contributed by atoms with Crippen LogP contribution in [0.15, 0.2) is 0 Å². The summed E-state index contributed by atoms with van der Waals surface area (Å²) in [5.74, 6) is 0.614. The van der Waals surface area contributed by atoms with Crippen molar-refractivity contribution in [1.82, 2.24) is 4.90 Å². The van der Waals surface area contributed by atoms with Crippen molar-refractivity contribution in [3.05, 3.63) is 0 Å². The summed E-state index contributed by atoms with van der Waals surface area (Å²) in [7, 11) is 1.43. The molecule has 0 aromatic heterocycles. The molecule has 1 saturated heterocycles. The van der Waals surface area contributed by atoms with E-state index >= 15 is 0 Å². The van der Waals surface area contributed by atoms with Gasteiger partial charge in [0.2, 0.25) is 0 Å². The average Bonchev–Trinajstić information content (AvgIpc) is 2.28. The zero-order valence-electron chi connectivity index (χ0n) is 9.95. The first-order valence-electron chi connectivity index (χ1n) is 5.54. The molecule has 0 unspecified atom stereocenters. The van der Waals surface area contributed by atoms with E-state index in [0.29, 0.717) is 12.5 Å². The van der Waals surface area contributed by atoms with Crippen LogP contribution >= 0.6 is 0 Å². The van der Waals surface area contributed by atoms with Gasteiger partial charge in [-0.05, 0) is 30.7 Å². The summed E-state index contributed by atoms with van der Waals surface area (Å²) in [4.78, 5) is 13.0. The SMILES string of the molecule is COC(=O)N1CCC(C(C)(C)CN)CC1. The van der Waals surface area contributed by atoms with Crippen LogP contribution in [-0.4, -0.2) is 37.7 Å². The predicted molar refractivity (Wildman–Crippen MR) is 59.5 cm³/mol.